The van der Waals surface area contributed by atoms with Crippen molar-refractivity contribution >= 4 is 6.09 Å². The Morgan fingerprint density at radius 2 is 1.64 bits per heavy atom. The normalized spacial score (nSPS) is 29.0. The van der Waals surface area contributed by atoms with Crippen LogP contribution in [0.2, 0.25) is 0 Å². The van der Waals surface area contributed by atoms with Crippen LogP contribution < -0.4 is 0 Å². The second-order valence-electron chi connectivity index (χ2n) is 7.97. The molecule has 1 aromatic rings. The molecular weight excluding hydrogens is 335 g/mol. The molecule has 0 spiro atoms. The summed E-state index contributed by atoms with van der Waals surface area (Å²) in [7, 11) is 0. The van der Waals surface area contributed by atoms with E-state index in [1.165, 1.54) is 0 Å². The monoisotopic (exact) mass is 357 g/mol. The van der Waals surface area contributed by atoms with Gasteiger partial charge in [0, 0.05) is 24.9 Å². The van der Waals surface area contributed by atoms with Gasteiger partial charge in [0.15, 0.2) is 17.5 Å². The molecule has 2 bridgehead atoms. The minimum atomic E-state index is -1.55. The first-order chi connectivity index (χ1) is 11.5. The summed E-state index contributed by atoms with van der Waals surface area (Å²) < 4.78 is 45.7. The predicted octanol–water partition coefficient (Wildman–Crippen LogP) is 3.85. The van der Waals surface area contributed by atoms with Crippen LogP contribution >= 0.6 is 0 Å². The number of benzene rings is 1. The number of halogens is 3. The van der Waals surface area contributed by atoms with Gasteiger partial charge >= 0.3 is 6.09 Å². The summed E-state index contributed by atoms with van der Waals surface area (Å²) in [6, 6.07) is 1.10. The van der Waals surface area contributed by atoms with Gasteiger partial charge in [-0.2, -0.15) is 0 Å². The zero-order chi connectivity index (χ0) is 18.6. The van der Waals surface area contributed by atoms with E-state index < -0.39 is 34.7 Å². The SMILES string of the molecule is CC(C)(C)OC(=O)N1C2CCC1CC(O)(c1cc(F)c(F)c(F)c1)C2. The van der Waals surface area contributed by atoms with E-state index in [1.807, 2.05) is 0 Å². The standard InChI is InChI=1S/C18H22F3NO3/c1-17(2,3)25-16(23)22-11-4-5-12(22)9-18(24,8-11)10-6-13(19)15(21)14(20)7-10/h6-7,11-12,24H,4-5,8-9H2,1-3H3. The first kappa shape index (κ1) is 18.0. The van der Waals surface area contributed by atoms with Crippen molar-refractivity contribution in [2.45, 2.75) is 69.7 Å². The van der Waals surface area contributed by atoms with Gasteiger partial charge in [-0.3, -0.25) is 0 Å². The Kier molecular flexibility index (Phi) is 4.26. The molecule has 2 saturated heterocycles. The van der Waals surface area contributed by atoms with Crippen LogP contribution in [0, 0.1) is 17.5 Å². The Labute approximate surface area is 144 Å². The fraction of sp³-hybridized carbons (Fsp3) is 0.611. The van der Waals surface area contributed by atoms with Gasteiger partial charge in [0.05, 0.1) is 5.60 Å². The fourth-order valence-corrected chi connectivity index (χ4v) is 3.90. The van der Waals surface area contributed by atoms with Crippen LogP contribution in [0.1, 0.15) is 52.0 Å². The number of fused-ring (bicyclic) bond motifs is 2. The summed E-state index contributed by atoms with van der Waals surface area (Å²) in [4.78, 5) is 14.0. The number of carbonyl (C=O) groups excluding carboxylic acids is 1. The minimum absolute atomic E-state index is 0.00430. The van der Waals surface area contributed by atoms with Crippen molar-refractivity contribution in [2.24, 2.45) is 0 Å². The molecule has 0 radical (unpaired) electrons. The number of amides is 1. The lowest BCUT2D eigenvalue weighted by Crippen LogP contribution is -2.53. The molecule has 1 N–H and O–H groups in total. The van der Waals surface area contributed by atoms with E-state index in [0.29, 0.717) is 12.8 Å². The third-order valence-corrected chi connectivity index (χ3v) is 4.89. The Bertz CT molecular complexity index is 664. The van der Waals surface area contributed by atoms with Crippen molar-refractivity contribution in [1.82, 2.24) is 4.90 Å². The maximum absolute atomic E-state index is 13.6. The second kappa shape index (κ2) is 5.90. The lowest BCUT2D eigenvalue weighted by Gasteiger charge is -2.44. The van der Waals surface area contributed by atoms with Crippen LogP contribution in [0.15, 0.2) is 12.1 Å². The van der Waals surface area contributed by atoms with Crippen LogP contribution in [0.5, 0.6) is 0 Å². The number of ether oxygens (including phenoxy) is 1. The lowest BCUT2D eigenvalue weighted by molar-refractivity contribution is -0.0627. The topological polar surface area (TPSA) is 49.8 Å². The Balaban J connectivity index is 1.85. The average Bonchev–Trinajstić information content (AvgIpc) is 2.75. The van der Waals surface area contributed by atoms with E-state index in [0.717, 1.165) is 12.1 Å². The van der Waals surface area contributed by atoms with E-state index in [4.69, 9.17) is 4.74 Å². The largest absolute Gasteiger partial charge is 0.444 e. The van der Waals surface area contributed by atoms with Crippen LogP contribution in [0.3, 0.4) is 0 Å². The fourth-order valence-electron chi connectivity index (χ4n) is 3.90. The number of carbonyl (C=O) groups is 1. The lowest BCUT2D eigenvalue weighted by atomic mass is 9.80. The maximum Gasteiger partial charge on any atom is 0.410 e. The van der Waals surface area contributed by atoms with Gasteiger partial charge in [0.25, 0.3) is 0 Å². The zero-order valence-electron chi connectivity index (χ0n) is 14.5. The van der Waals surface area contributed by atoms with Gasteiger partial charge in [-0.25, -0.2) is 18.0 Å². The van der Waals surface area contributed by atoms with Gasteiger partial charge in [0.2, 0.25) is 0 Å². The van der Waals surface area contributed by atoms with E-state index in [9.17, 15) is 23.1 Å². The molecule has 25 heavy (non-hydrogen) atoms. The molecule has 7 heteroatoms. The first-order valence-corrected chi connectivity index (χ1v) is 8.39. The van der Waals surface area contributed by atoms with E-state index >= 15 is 0 Å². The van der Waals surface area contributed by atoms with Crippen LogP contribution in [0.4, 0.5) is 18.0 Å². The van der Waals surface area contributed by atoms with E-state index in [1.54, 1.807) is 25.7 Å². The number of hydrogen-bond acceptors (Lipinski definition) is 3. The molecular formula is C18H22F3NO3. The van der Waals surface area contributed by atoms with E-state index in [-0.39, 0.29) is 30.5 Å². The van der Waals surface area contributed by atoms with Gasteiger partial charge < -0.3 is 14.7 Å². The highest BCUT2D eigenvalue weighted by Crippen LogP contribution is 2.46. The number of nitrogens with zero attached hydrogens (tertiary/aromatic N) is 1. The molecule has 0 saturated carbocycles. The Hall–Kier alpha value is -1.76. The average molecular weight is 357 g/mol. The molecule has 2 fully saturated rings. The van der Waals surface area contributed by atoms with Crippen LogP contribution in [-0.2, 0) is 10.3 Å². The van der Waals surface area contributed by atoms with Crippen molar-refractivity contribution < 1.29 is 27.8 Å². The number of hydrogen-bond donors (Lipinski definition) is 1. The summed E-state index contributed by atoms with van der Waals surface area (Å²) in [6.07, 6.45) is 1.18. The van der Waals surface area contributed by atoms with Crippen molar-refractivity contribution in [3.8, 4) is 0 Å². The molecule has 0 aromatic heterocycles. The molecule has 4 nitrogen and oxygen atoms in total. The first-order valence-electron chi connectivity index (χ1n) is 8.39. The van der Waals surface area contributed by atoms with Crippen molar-refractivity contribution in [3.63, 3.8) is 0 Å². The number of rotatable bonds is 1. The molecule has 2 heterocycles. The number of aliphatic hydroxyl groups is 1. The van der Waals surface area contributed by atoms with E-state index in [2.05, 4.69) is 0 Å². The molecule has 2 unspecified atom stereocenters. The minimum Gasteiger partial charge on any atom is -0.444 e. The highest BCUT2D eigenvalue weighted by molar-refractivity contribution is 5.69. The Morgan fingerprint density at radius 1 is 1.16 bits per heavy atom. The second-order valence-corrected chi connectivity index (χ2v) is 7.97. The molecule has 2 atom stereocenters. The van der Waals surface area contributed by atoms with Crippen LogP contribution in [0.25, 0.3) is 0 Å². The molecule has 138 valence electrons. The third kappa shape index (κ3) is 3.34. The smallest absolute Gasteiger partial charge is 0.410 e. The quantitative estimate of drug-likeness (QED) is 0.777. The summed E-state index contributed by atoms with van der Waals surface area (Å²) in [5.74, 6) is -4.21. The highest BCUT2D eigenvalue weighted by atomic mass is 19.2. The number of piperidine rings is 1. The highest BCUT2D eigenvalue weighted by Gasteiger charge is 2.51. The molecule has 0 aliphatic carbocycles. The Morgan fingerprint density at radius 3 is 2.08 bits per heavy atom. The van der Waals surface area contributed by atoms with Gasteiger partial charge in [-0.05, 0) is 51.3 Å². The molecule has 1 aromatic carbocycles. The molecule has 2 aliphatic rings. The molecule has 1 amide bonds. The van der Waals surface area contributed by atoms with Gasteiger partial charge in [-0.15, -0.1) is 0 Å². The van der Waals surface area contributed by atoms with Gasteiger partial charge in [0.1, 0.15) is 5.60 Å². The summed E-state index contributed by atoms with van der Waals surface area (Å²) in [5, 5.41) is 11.0. The summed E-state index contributed by atoms with van der Waals surface area (Å²) in [5.41, 5.74) is -2.13. The van der Waals surface area contributed by atoms with Gasteiger partial charge in [-0.1, -0.05) is 0 Å². The van der Waals surface area contributed by atoms with Crippen molar-refractivity contribution in [1.29, 1.82) is 0 Å². The zero-order valence-corrected chi connectivity index (χ0v) is 14.5. The summed E-state index contributed by atoms with van der Waals surface area (Å²) in [6.45, 7) is 5.32. The predicted molar refractivity (Wildman–Crippen MR) is 84.3 cm³/mol. The maximum atomic E-state index is 13.6. The summed E-state index contributed by atoms with van der Waals surface area (Å²) >= 11 is 0. The van der Waals surface area contributed by atoms with Crippen molar-refractivity contribution in [2.75, 3.05) is 0 Å². The van der Waals surface area contributed by atoms with Crippen molar-refractivity contribution in [3.05, 3.63) is 35.1 Å². The van der Waals surface area contributed by atoms with Crippen LogP contribution in [-0.4, -0.2) is 33.8 Å². The molecule has 2 aliphatic heterocycles. The third-order valence-electron chi connectivity index (χ3n) is 4.89. The molecule has 3 rings (SSSR count).